The number of halogens is 5. The summed E-state index contributed by atoms with van der Waals surface area (Å²) in [4.78, 5) is 35.2. The quantitative estimate of drug-likeness (QED) is 0.149. The van der Waals surface area contributed by atoms with Gasteiger partial charge in [-0.15, -0.1) is 0 Å². The molecule has 1 atom stereocenters. The maximum Gasteiger partial charge on any atom is 0.433 e. The summed E-state index contributed by atoms with van der Waals surface area (Å²) in [5.41, 5.74) is 4.67. The van der Waals surface area contributed by atoms with Crippen molar-refractivity contribution >= 4 is 23.4 Å². The molecule has 16 heteroatoms. The Labute approximate surface area is 217 Å². The zero-order chi connectivity index (χ0) is 28.9. The number of anilines is 1. The van der Waals surface area contributed by atoms with Gasteiger partial charge in [-0.05, 0) is 37.3 Å². The van der Waals surface area contributed by atoms with Crippen LogP contribution in [0.3, 0.4) is 0 Å². The molecule has 0 aliphatic carbocycles. The lowest BCUT2D eigenvalue weighted by atomic mass is 10.2. The molecule has 6 N–H and O–H groups in total. The maximum absolute atomic E-state index is 13.9. The number of alkyl halides is 3. The van der Waals surface area contributed by atoms with Gasteiger partial charge in [0.25, 0.3) is 5.91 Å². The van der Waals surface area contributed by atoms with Crippen molar-refractivity contribution in [2.75, 3.05) is 12.4 Å². The lowest BCUT2D eigenvalue weighted by Crippen LogP contribution is -2.39. The highest BCUT2D eigenvalue weighted by molar-refractivity contribution is 6.04. The van der Waals surface area contributed by atoms with Gasteiger partial charge in [-0.1, -0.05) is 0 Å². The first-order valence-electron chi connectivity index (χ1n) is 10.8. The van der Waals surface area contributed by atoms with E-state index in [0.29, 0.717) is 12.3 Å². The lowest BCUT2D eigenvalue weighted by Gasteiger charge is -2.21. The Morgan fingerprint density at radius 3 is 2.33 bits per heavy atom. The van der Waals surface area contributed by atoms with Crippen LogP contribution in [0.1, 0.15) is 40.3 Å². The summed E-state index contributed by atoms with van der Waals surface area (Å²) in [7, 11) is 1.34. The average Bonchev–Trinajstić information content (AvgIpc) is 2.88. The molecule has 3 aromatic heterocycles. The zero-order valence-corrected chi connectivity index (χ0v) is 20.3. The Kier molecular flexibility index (Phi) is 8.60. The van der Waals surface area contributed by atoms with Crippen molar-refractivity contribution in [2.24, 2.45) is 11.6 Å². The van der Waals surface area contributed by atoms with Crippen LogP contribution in [0.25, 0.3) is 5.70 Å². The third-order valence-electron chi connectivity index (χ3n) is 5.00. The molecule has 0 saturated carbocycles. The Bertz CT molecular complexity index is 1380. The van der Waals surface area contributed by atoms with E-state index in [1.165, 1.54) is 32.3 Å². The van der Waals surface area contributed by atoms with Crippen LogP contribution in [0.2, 0.25) is 0 Å². The van der Waals surface area contributed by atoms with Crippen LogP contribution in [0, 0.1) is 11.8 Å². The Balaban J connectivity index is 1.70. The van der Waals surface area contributed by atoms with Gasteiger partial charge in [-0.25, -0.2) is 20.0 Å². The first-order chi connectivity index (χ1) is 18.3. The summed E-state index contributed by atoms with van der Waals surface area (Å²) in [6.45, 7) is 1.30. The predicted octanol–water partition coefficient (Wildman–Crippen LogP) is 3.30. The van der Waals surface area contributed by atoms with Crippen LogP contribution < -0.4 is 22.2 Å². The summed E-state index contributed by atoms with van der Waals surface area (Å²) in [5.74, 6) is 3.01. The van der Waals surface area contributed by atoms with E-state index in [1.807, 2.05) is 0 Å². The molecule has 206 valence electrons. The van der Waals surface area contributed by atoms with Crippen molar-refractivity contribution < 1.29 is 36.3 Å². The number of hydrogen-bond acceptors (Lipinski definition) is 9. The van der Waals surface area contributed by atoms with Crippen LogP contribution in [-0.4, -0.2) is 39.0 Å². The van der Waals surface area contributed by atoms with Crippen LogP contribution >= 0.6 is 0 Å². The predicted molar refractivity (Wildman–Crippen MR) is 127 cm³/mol. The Hall–Kier alpha value is -4.86. The zero-order valence-electron chi connectivity index (χ0n) is 20.3. The van der Waals surface area contributed by atoms with Gasteiger partial charge in [0, 0.05) is 13.2 Å². The van der Waals surface area contributed by atoms with Crippen LogP contribution in [0.15, 0.2) is 54.7 Å². The molecule has 0 radical (unpaired) electrons. The number of rotatable bonds is 7. The number of ether oxygens (including phenoxy) is 1. The Morgan fingerprint density at radius 2 is 1.77 bits per heavy atom. The number of alkyl carbamates (subject to hydrolysis) is 1. The van der Waals surface area contributed by atoms with E-state index in [4.69, 9.17) is 16.3 Å². The van der Waals surface area contributed by atoms with E-state index in [0.717, 1.165) is 23.3 Å². The third-order valence-corrected chi connectivity index (χ3v) is 5.00. The highest BCUT2D eigenvalue weighted by Gasteiger charge is 2.32. The highest BCUT2D eigenvalue weighted by Crippen LogP contribution is 2.27. The summed E-state index contributed by atoms with van der Waals surface area (Å²) in [6.07, 6.45) is -4.30. The molecule has 39 heavy (non-hydrogen) atoms. The van der Waals surface area contributed by atoms with E-state index in [9.17, 15) is 31.5 Å². The summed E-state index contributed by atoms with van der Waals surface area (Å²) in [5, 5.41) is 5.68. The largest absolute Gasteiger partial charge is 0.441 e. The van der Waals surface area contributed by atoms with Crippen molar-refractivity contribution in [3.05, 3.63) is 89.0 Å². The molecule has 0 spiro atoms. The smallest absolute Gasteiger partial charge is 0.433 e. The molecule has 0 aromatic carbocycles. The number of pyridine rings is 3. The SMILES string of the molecule is C[C@@H](OC(=O)N/C(=C(/N)c1ccc(NC(=O)c2ccc(C(F)(F)F)nc2)cn1)N(C)N)c1cc(F)cnc1F. The number of carbonyl (C=O) groups is 2. The second-order valence-corrected chi connectivity index (χ2v) is 7.90. The van der Waals surface area contributed by atoms with Gasteiger partial charge in [-0.2, -0.15) is 17.6 Å². The molecule has 0 unspecified atom stereocenters. The van der Waals surface area contributed by atoms with E-state index in [2.05, 4.69) is 25.6 Å². The van der Waals surface area contributed by atoms with Gasteiger partial charge in [0.1, 0.15) is 23.3 Å². The molecule has 0 fully saturated rings. The minimum Gasteiger partial charge on any atom is -0.441 e. The highest BCUT2D eigenvalue weighted by atomic mass is 19.4. The number of aromatic nitrogens is 3. The van der Waals surface area contributed by atoms with Crippen molar-refractivity contribution in [1.82, 2.24) is 25.3 Å². The Morgan fingerprint density at radius 1 is 1.05 bits per heavy atom. The molecule has 3 rings (SSSR count). The molecule has 3 aromatic rings. The monoisotopic (exact) mass is 552 g/mol. The fraction of sp³-hybridized carbons (Fsp3) is 0.174. The molecule has 11 nitrogen and oxygen atoms in total. The van der Waals surface area contributed by atoms with Crippen LogP contribution in [0.4, 0.5) is 32.4 Å². The number of nitrogens with zero attached hydrogens (tertiary/aromatic N) is 4. The van der Waals surface area contributed by atoms with Crippen LogP contribution in [0.5, 0.6) is 0 Å². The molecule has 0 saturated heterocycles. The summed E-state index contributed by atoms with van der Waals surface area (Å²) >= 11 is 0. The molecule has 0 aliphatic rings. The molecule has 2 amide bonds. The van der Waals surface area contributed by atoms with E-state index in [-0.39, 0.29) is 34.0 Å². The minimum atomic E-state index is -4.64. The summed E-state index contributed by atoms with van der Waals surface area (Å²) < 4.78 is 70.2. The number of hydrogen-bond donors (Lipinski definition) is 4. The second-order valence-electron chi connectivity index (χ2n) is 7.90. The fourth-order valence-electron chi connectivity index (χ4n) is 3.07. The van der Waals surface area contributed by atoms with Crippen molar-refractivity contribution in [2.45, 2.75) is 19.2 Å². The van der Waals surface area contributed by atoms with Gasteiger partial charge in [0.15, 0.2) is 5.82 Å². The fourth-order valence-corrected chi connectivity index (χ4v) is 3.07. The molecule has 3 heterocycles. The molecular formula is C23H21F5N8O3. The number of nitrogens with two attached hydrogens (primary N) is 2. The van der Waals surface area contributed by atoms with Crippen molar-refractivity contribution in [3.63, 3.8) is 0 Å². The van der Waals surface area contributed by atoms with Gasteiger partial charge in [-0.3, -0.25) is 25.1 Å². The standard InChI is InChI=1S/C23H21F5N8O3/c1-11(15-7-13(24)9-33-19(15)25)39-22(38)35-20(36(2)30)18(29)16-5-4-14(10-31-16)34-21(37)12-3-6-17(32-8-12)23(26,27)28/h3-11H,29-30H2,1-2H3,(H,34,37)(H,35,38)/b20-18-/t11-/m1/s1. The molecule has 0 bridgehead atoms. The minimum absolute atomic E-state index is 0.102. The van der Waals surface area contributed by atoms with Gasteiger partial charge < -0.3 is 15.8 Å². The molecule has 0 aliphatic heterocycles. The number of amides is 2. The van der Waals surface area contributed by atoms with E-state index in [1.54, 1.807) is 0 Å². The third kappa shape index (κ3) is 7.35. The van der Waals surface area contributed by atoms with Crippen molar-refractivity contribution in [1.29, 1.82) is 0 Å². The maximum atomic E-state index is 13.9. The van der Waals surface area contributed by atoms with Gasteiger partial charge in [0.05, 0.1) is 34.9 Å². The topological polar surface area (TPSA) is 161 Å². The van der Waals surface area contributed by atoms with Gasteiger partial charge in [0.2, 0.25) is 5.95 Å². The van der Waals surface area contributed by atoms with E-state index < -0.39 is 41.7 Å². The number of hydrazine groups is 1. The van der Waals surface area contributed by atoms with E-state index >= 15 is 0 Å². The number of nitrogens with one attached hydrogen (secondary N) is 2. The van der Waals surface area contributed by atoms with Gasteiger partial charge >= 0.3 is 12.3 Å². The summed E-state index contributed by atoms with van der Waals surface area (Å²) in [6, 6.07) is 5.24. The number of carbonyl (C=O) groups excluding carboxylic acids is 2. The lowest BCUT2D eigenvalue weighted by molar-refractivity contribution is -0.141. The second kappa shape index (κ2) is 11.7. The first-order valence-corrected chi connectivity index (χ1v) is 10.8. The first kappa shape index (κ1) is 28.7. The van der Waals surface area contributed by atoms with Crippen LogP contribution in [-0.2, 0) is 10.9 Å². The normalized spacial score (nSPS) is 12.7. The van der Waals surface area contributed by atoms with Crippen molar-refractivity contribution in [3.8, 4) is 0 Å². The molecular weight excluding hydrogens is 531 g/mol. The average molecular weight is 552 g/mol.